The van der Waals surface area contributed by atoms with Gasteiger partial charge in [-0.2, -0.15) is 4.31 Å². The van der Waals surface area contributed by atoms with E-state index in [4.69, 9.17) is 4.74 Å². The highest BCUT2D eigenvalue weighted by atomic mass is 32.2. The number of hydrogen-bond donors (Lipinski definition) is 1. The van der Waals surface area contributed by atoms with Crippen LogP contribution in [0.15, 0.2) is 24.3 Å². The fourth-order valence-corrected chi connectivity index (χ4v) is 4.66. The molecule has 1 N–H and O–H groups in total. The van der Waals surface area contributed by atoms with Gasteiger partial charge in [-0.1, -0.05) is 0 Å². The van der Waals surface area contributed by atoms with Crippen molar-refractivity contribution in [1.82, 2.24) is 9.29 Å². The monoisotopic (exact) mass is 399 g/mol. The lowest BCUT2D eigenvalue weighted by Crippen LogP contribution is -2.36. The quantitative estimate of drug-likeness (QED) is 0.803. The summed E-state index contributed by atoms with van der Waals surface area (Å²) in [6, 6.07) is 5.37. The molecule has 0 unspecified atom stereocenters. The minimum atomic E-state index is -3.24. The molecule has 0 radical (unpaired) electrons. The second-order valence-corrected chi connectivity index (χ2v) is 9.00. The summed E-state index contributed by atoms with van der Waals surface area (Å²) in [7, 11) is -3.24. The summed E-state index contributed by atoms with van der Waals surface area (Å²) in [5.74, 6) is -0.320. The molecule has 1 aromatic carbocycles. The Hall–Kier alpha value is -2.04. The molecule has 7 nitrogen and oxygen atoms in total. The van der Waals surface area contributed by atoms with Gasteiger partial charge in [0, 0.05) is 24.4 Å². The molecule has 26 heavy (non-hydrogen) atoms. The van der Waals surface area contributed by atoms with E-state index in [1.165, 1.54) is 39.9 Å². The van der Waals surface area contributed by atoms with E-state index in [0.717, 1.165) is 10.6 Å². The van der Waals surface area contributed by atoms with E-state index in [2.05, 4.69) is 10.3 Å². The van der Waals surface area contributed by atoms with Crippen LogP contribution in [0.25, 0.3) is 0 Å². The average Bonchev–Trinajstić information content (AvgIpc) is 3.02. The number of amides is 1. The number of anilines is 1. The topological polar surface area (TPSA) is 88.6 Å². The van der Waals surface area contributed by atoms with Gasteiger partial charge >= 0.3 is 0 Å². The van der Waals surface area contributed by atoms with Gasteiger partial charge in [0.25, 0.3) is 5.91 Å². The van der Waals surface area contributed by atoms with Gasteiger partial charge in [-0.05, 0) is 31.2 Å². The van der Waals surface area contributed by atoms with Crippen LogP contribution in [0.5, 0.6) is 5.75 Å². The SMILES string of the molecule is CCS(=O)(=O)N1CCc2nc(NC(=O)COc3ccc(F)cc3)sc2C1. The number of nitrogens with one attached hydrogen (secondary N) is 1. The molecule has 1 aliphatic rings. The summed E-state index contributed by atoms with van der Waals surface area (Å²) in [5, 5.41) is 3.06. The van der Waals surface area contributed by atoms with Gasteiger partial charge < -0.3 is 4.74 Å². The Morgan fingerprint density at radius 3 is 2.81 bits per heavy atom. The number of hydrogen-bond acceptors (Lipinski definition) is 6. The molecule has 0 spiro atoms. The zero-order valence-electron chi connectivity index (χ0n) is 14.1. The Kier molecular flexibility index (Phi) is 5.54. The van der Waals surface area contributed by atoms with E-state index >= 15 is 0 Å². The molecule has 140 valence electrons. The second-order valence-electron chi connectivity index (χ2n) is 5.66. The van der Waals surface area contributed by atoms with Crippen LogP contribution in [0, 0.1) is 5.82 Å². The third-order valence-corrected chi connectivity index (χ3v) is 6.71. The summed E-state index contributed by atoms with van der Waals surface area (Å²) in [6.45, 7) is 2.07. The minimum Gasteiger partial charge on any atom is -0.484 e. The van der Waals surface area contributed by atoms with Gasteiger partial charge in [0.05, 0.1) is 11.4 Å². The van der Waals surface area contributed by atoms with Crippen LogP contribution in [0.1, 0.15) is 17.5 Å². The second kappa shape index (κ2) is 7.68. The fourth-order valence-electron chi connectivity index (χ4n) is 2.48. The number of carbonyl (C=O) groups excluding carboxylic acids is 1. The van der Waals surface area contributed by atoms with Gasteiger partial charge in [0.1, 0.15) is 11.6 Å². The van der Waals surface area contributed by atoms with Crippen LogP contribution < -0.4 is 10.1 Å². The van der Waals surface area contributed by atoms with Crippen molar-refractivity contribution in [2.75, 3.05) is 24.2 Å². The van der Waals surface area contributed by atoms with Crippen molar-refractivity contribution in [2.45, 2.75) is 19.9 Å². The number of nitrogens with zero attached hydrogens (tertiary/aromatic N) is 2. The Balaban J connectivity index is 1.58. The van der Waals surface area contributed by atoms with E-state index in [1.807, 2.05) is 0 Å². The molecule has 10 heteroatoms. The summed E-state index contributed by atoms with van der Waals surface area (Å²) < 4.78 is 43.5. The Morgan fingerprint density at radius 1 is 1.38 bits per heavy atom. The summed E-state index contributed by atoms with van der Waals surface area (Å²) in [4.78, 5) is 17.2. The molecule has 0 saturated heterocycles. The van der Waals surface area contributed by atoms with E-state index < -0.39 is 15.9 Å². The van der Waals surface area contributed by atoms with Gasteiger partial charge in [-0.3, -0.25) is 10.1 Å². The van der Waals surface area contributed by atoms with Crippen LogP contribution in [0.2, 0.25) is 0 Å². The lowest BCUT2D eigenvalue weighted by Gasteiger charge is -2.24. The van der Waals surface area contributed by atoms with Crippen molar-refractivity contribution in [3.05, 3.63) is 40.7 Å². The molecule has 0 aliphatic carbocycles. The molecule has 2 heterocycles. The molecule has 0 atom stereocenters. The maximum atomic E-state index is 12.8. The van der Waals surface area contributed by atoms with Crippen LogP contribution in [-0.2, 0) is 27.8 Å². The highest BCUT2D eigenvalue weighted by Gasteiger charge is 2.28. The number of rotatable bonds is 6. The first kappa shape index (κ1) is 18.7. The van der Waals surface area contributed by atoms with Crippen LogP contribution in [0.4, 0.5) is 9.52 Å². The molecule has 3 rings (SSSR count). The molecule has 1 aliphatic heterocycles. The van der Waals surface area contributed by atoms with Crippen molar-refractivity contribution in [2.24, 2.45) is 0 Å². The fraction of sp³-hybridized carbons (Fsp3) is 0.375. The first-order valence-electron chi connectivity index (χ1n) is 8.02. The maximum absolute atomic E-state index is 12.8. The van der Waals surface area contributed by atoms with Crippen molar-refractivity contribution < 1.29 is 22.3 Å². The standard InChI is InChI=1S/C16H18FN3O4S2/c1-2-26(22,23)20-8-7-13-14(9-20)25-16(18-13)19-15(21)10-24-12-5-3-11(17)4-6-12/h3-6H,2,7-10H2,1H3,(H,18,19,21). The summed E-state index contributed by atoms with van der Waals surface area (Å²) in [6.07, 6.45) is 0.521. The zero-order chi connectivity index (χ0) is 18.7. The van der Waals surface area contributed by atoms with Crippen molar-refractivity contribution in [3.63, 3.8) is 0 Å². The third-order valence-electron chi connectivity index (χ3n) is 3.88. The molecule has 2 aromatic rings. The van der Waals surface area contributed by atoms with E-state index in [-0.39, 0.29) is 24.7 Å². The highest BCUT2D eigenvalue weighted by Crippen LogP contribution is 2.29. The number of benzene rings is 1. The van der Waals surface area contributed by atoms with E-state index in [0.29, 0.717) is 23.8 Å². The number of fused-ring (bicyclic) bond motifs is 1. The number of thiazole rings is 1. The molecule has 0 saturated carbocycles. The lowest BCUT2D eigenvalue weighted by atomic mass is 10.2. The molecular formula is C16H18FN3O4S2. The molecule has 1 amide bonds. The normalized spacial score (nSPS) is 14.7. The first-order chi connectivity index (χ1) is 12.4. The van der Waals surface area contributed by atoms with Crippen LogP contribution >= 0.6 is 11.3 Å². The summed E-state index contributed by atoms with van der Waals surface area (Å²) >= 11 is 1.26. The van der Waals surface area contributed by atoms with Crippen molar-refractivity contribution >= 4 is 32.4 Å². The Morgan fingerprint density at radius 2 is 2.12 bits per heavy atom. The molecule has 0 fully saturated rings. The van der Waals surface area contributed by atoms with Gasteiger partial charge in [0.2, 0.25) is 10.0 Å². The molecular weight excluding hydrogens is 381 g/mol. The minimum absolute atomic E-state index is 0.0610. The first-order valence-corrected chi connectivity index (χ1v) is 10.4. The van der Waals surface area contributed by atoms with Gasteiger partial charge in [-0.25, -0.2) is 17.8 Å². The molecule has 0 bridgehead atoms. The predicted octanol–water partition coefficient (Wildman–Crippen LogP) is 2.01. The Labute approximate surface area is 154 Å². The number of ether oxygens (including phenoxy) is 1. The zero-order valence-corrected chi connectivity index (χ0v) is 15.7. The largest absolute Gasteiger partial charge is 0.484 e. The average molecular weight is 399 g/mol. The number of aromatic nitrogens is 1. The number of sulfonamides is 1. The number of halogens is 1. The van der Waals surface area contributed by atoms with E-state index in [9.17, 15) is 17.6 Å². The van der Waals surface area contributed by atoms with Crippen molar-refractivity contribution in [3.8, 4) is 5.75 Å². The molecule has 1 aromatic heterocycles. The Bertz CT molecular complexity index is 897. The van der Waals surface area contributed by atoms with E-state index in [1.54, 1.807) is 6.92 Å². The van der Waals surface area contributed by atoms with Gasteiger partial charge in [-0.15, -0.1) is 11.3 Å². The van der Waals surface area contributed by atoms with Crippen LogP contribution in [-0.4, -0.2) is 42.5 Å². The van der Waals surface area contributed by atoms with Gasteiger partial charge in [0.15, 0.2) is 11.7 Å². The van der Waals surface area contributed by atoms with Crippen LogP contribution in [0.3, 0.4) is 0 Å². The summed E-state index contributed by atoms with van der Waals surface area (Å²) in [5.41, 5.74) is 0.812. The van der Waals surface area contributed by atoms with Crippen molar-refractivity contribution in [1.29, 1.82) is 0 Å². The number of carbonyl (C=O) groups is 1. The lowest BCUT2D eigenvalue weighted by molar-refractivity contribution is -0.118. The third kappa shape index (κ3) is 4.37. The maximum Gasteiger partial charge on any atom is 0.264 e. The smallest absolute Gasteiger partial charge is 0.264 e. The highest BCUT2D eigenvalue weighted by molar-refractivity contribution is 7.89. The predicted molar refractivity (Wildman–Crippen MR) is 96.2 cm³/mol.